The molecule has 0 saturated heterocycles. The predicted octanol–water partition coefficient (Wildman–Crippen LogP) is -0.474. The molecule has 60 valence electrons. The molecule has 0 amide bonds. The minimum absolute atomic E-state index is 0.414. The van der Waals surface area contributed by atoms with Crippen molar-refractivity contribution in [1.29, 1.82) is 0 Å². The van der Waals surface area contributed by atoms with Crippen molar-refractivity contribution < 1.29 is 9.90 Å². The summed E-state index contributed by atoms with van der Waals surface area (Å²) in [6.07, 6.45) is 1.52. The second kappa shape index (κ2) is 4.24. The molecule has 0 aromatic carbocycles. The van der Waals surface area contributed by atoms with Crippen LogP contribution in [0.15, 0.2) is 0 Å². The zero-order chi connectivity index (χ0) is 8.15. The highest BCUT2D eigenvalue weighted by atomic mass is 16.4. The molecule has 10 heavy (non-hydrogen) atoms. The van der Waals surface area contributed by atoms with Gasteiger partial charge in [-0.05, 0) is 6.42 Å². The lowest BCUT2D eigenvalue weighted by atomic mass is 10.1. The molecular formula is C6H14N2O2. The fourth-order valence-electron chi connectivity index (χ4n) is 0.696. The third kappa shape index (κ3) is 2.80. The van der Waals surface area contributed by atoms with E-state index < -0.39 is 18.1 Å². The maximum Gasteiger partial charge on any atom is 0.322 e. The van der Waals surface area contributed by atoms with Crippen molar-refractivity contribution in [2.45, 2.75) is 31.8 Å². The Balaban J connectivity index is 3.69. The largest absolute Gasteiger partial charge is 0.480 e. The summed E-state index contributed by atoms with van der Waals surface area (Å²) in [4.78, 5) is 10.2. The highest BCUT2D eigenvalue weighted by molar-refractivity contribution is 5.74. The Labute approximate surface area is 60.2 Å². The first-order valence-electron chi connectivity index (χ1n) is 3.33. The van der Waals surface area contributed by atoms with Gasteiger partial charge in [0.1, 0.15) is 6.04 Å². The minimum atomic E-state index is -1.03. The van der Waals surface area contributed by atoms with Gasteiger partial charge in [0.2, 0.25) is 0 Å². The monoisotopic (exact) mass is 146 g/mol. The van der Waals surface area contributed by atoms with Gasteiger partial charge in [0, 0.05) is 6.04 Å². The van der Waals surface area contributed by atoms with E-state index in [1.807, 2.05) is 6.92 Å². The minimum Gasteiger partial charge on any atom is -0.480 e. The van der Waals surface area contributed by atoms with Gasteiger partial charge in [-0.1, -0.05) is 13.3 Å². The number of aliphatic carboxylic acids is 1. The second-order valence-corrected chi connectivity index (χ2v) is 2.32. The van der Waals surface area contributed by atoms with Crippen LogP contribution in [0.25, 0.3) is 0 Å². The first kappa shape index (κ1) is 9.39. The van der Waals surface area contributed by atoms with E-state index in [9.17, 15) is 4.79 Å². The van der Waals surface area contributed by atoms with Crippen LogP contribution < -0.4 is 11.5 Å². The summed E-state index contributed by atoms with van der Waals surface area (Å²) in [5.41, 5.74) is 10.6. The van der Waals surface area contributed by atoms with Crippen molar-refractivity contribution in [2.75, 3.05) is 0 Å². The summed E-state index contributed by atoms with van der Waals surface area (Å²) < 4.78 is 0. The smallest absolute Gasteiger partial charge is 0.322 e. The van der Waals surface area contributed by atoms with E-state index in [0.29, 0.717) is 6.42 Å². The molecule has 0 heterocycles. The third-order valence-corrected chi connectivity index (χ3v) is 1.37. The lowest BCUT2D eigenvalue weighted by Gasteiger charge is -2.13. The normalized spacial score (nSPS) is 16.3. The molecule has 5 N–H and O–H groups in total. The van der Waals surface area contributed by atoms with Gasteiger partial charge in [0.25, 0.3) is 0 Å². The second-order valence-electron chi connectivity index (χ2n) is 2.32. The summed E-state index contributed by atoms with van der Waals surface area (Å²) in [7, 11) is 0. The number of hydrogen-bond acceptors (Lipinski definition) is 3. The summed E-state index contributed by atoms with van der Waals surface area (Å²) in [6, 6.07) is -1.33. The van der Waals surface area contributed by atoms with Crippen molar-refractivity contribution in [3.05, 3.63) is 0 Å². The van der Waals surface area contributed by atoms with E-state index in [-0.39, 0.29) is 0 Å². The van der Waals surface area contributed by atoms with Crippen LogP contribution in [-0.4, -0.2) is 23.2 Å². The standard InChI is InChI=1S/C6H14N2O2/c1-2-3-4(7)5(8)6(9)10/h4-5H,2-3,7-8H2,1H3,(H,9,10). The maximum atomic E-state index is 10.2. The van der Waals surface area contributed by atoms with E-state index in [4.69, 9.17) is 16.6 Å². The molecule has 0 aliphatic rings. The third-order valence-electron chi connectivity index (χ3n) is 1.37. The summed E-state index contributed by atoms with van der Waals surface area (Å²) >= 11 is 0. The van der Waals surface area contributed by atoms with Crippen molar-refractivity contribution >= 4 is 5.97 Å². The van der Waals surface area contributed by atoms with Gasteiger partial charge in [-0.3, -0.25) is 4.79 Å². The summed E-state index contributed by atoms with van der Waals surface area (Å²) in [5, 5.41) is 8.37. The SMILES string of the molecule is CCCC(N)C(N)C(=O)O. The molecule has 0 aliphatic heterocycles. The van der Waals surface area contributed by atoms with Crippen LogP contribution in [0.2, 0.25) is 0 Å². The van der Waals surface area contributed by atoms with Crippen LogP contribution in [0.5, 0.6) is 0 Å². The molecule has 0 bridgehead atoms. The molecule has 4 nitrogen and oxygen atoms in total. The van der Waals surface area contributed by atoms with Crippen LogP contribution in [0.1, 0.15) is 19.8 Å². The zero-order valence-electron chi connectivity index (χ0n) is 6.08. The van der Waals surface area contributed by atoms with Crippen molar-refractivity contribution in [2.24, 2.45) is 11.5 Å². The number of carbonyl (C=O) groups is 1. The lowest BCUT2D eigenvalue weighted by Crippen LogP contribution is -2.46. The molecule has 2 unspecified atom stereocenters. The van der Waals surface area contributed by atoms with Crippen molar-refractivity contribution in [3.8, 4) is 0 Å². The van der Waals surface area contributed by atoms with Crippen LogP contribution in [0.3, 0.4) is 0 Å². The highest BCUT2D eigenvalue weighted by Gasteiger charge is 2.18. The van der Waals surface area contributed by atoms with Crippen LogP contribution in [0, 0.1) is 0 Å². The number of carboxylic acids is 1. The Morgan fingerprint density at radius 2 is 2.10 bits per heavy atom. The molecule has 0 aromatic heterocycles. The summed E-state index contributed by atoms with van der Waals surface area (Å²) in [6.45, 7) is 1.94. The molecule has 0 aromatic rings. The van der Waals surface area contributed by atoms with Crippen LogP contribution >= 0.6 is 0 Å². The van der Waals surface area contributed by atoms with Gasteiger partial charge in [0.15, 0.2) is 0 Å². The number of hydrogen-bond donors (Lipinski definition) is 3. The summed E-state index contributed by atoms with van der Waals surface area (Å²) in [5.74, 6) is -1.03. The molecule has 0 aliphatic carbocycles. The topological polar surface area (TPSA) is 89.3 Å². The Kier molecular flexibility index (Phi) is 3.99. The first-order valence-corrected chi connectivity index (χ1v) is 3.33. The molecule has 4 heteroatoms. The van der Waals surface area contributed by atoms with E-state index in [2.05, 4.69) is 0 Å². The Hall–Kier alpha value is -0.610. The molecule has 0 spiro atoms. The van der Waals surface area contributed by atoms with Crippen LogP contribution in [0.4, 0.5) is 0 Å². The Morgan fingerprint density at radius 1 is 1.60 bits per heavy atom. The van der Waals surface area contributed by atoms with Gasteiger partial charge < -0.3 is 16.6 Å². The molecule has 0 radical (unpaired) electrons. The van der Waals surface area contributed by atoms with Gasteiger partial charge in [0.05, 0.1) is 0 Å². The fraction of sp³-hybridized carbons (Fsp3) is 0.833. The highest BCUT2D eigenvalue weighted by Crippen LogP contribution is 1.96. The Morgan fingerprint density at radius 3 is 2.40 bits per heavy atom. The molecular weight excluding hydrogens is 132 g/mol. The molecule has 0 fully saturated rings. The zero-order valence-corrected chi connectivity index (χ0v) is 6.08. The number of carboxylic acid groups (broad SMARTS) is 1. The van der Waals surface area contributed by atoms with E-state index in [1.165, 1.54) is 0 Å². The number of nitrogens with two attached hydrogens (primary N) is 2. The van der Waals surface area contributed by atoms with E-state index in [1.54, 1.807) is 0 Å². The van der Waals surface area contributed by atoms with Gasteiger partial charge >= 0.3 is 5.97 Å². The van der Waals surface area contributed by atoms with Crippen molar-refractivity contribution in [3.63, 3.8) is 0 Å². The molecule has 2 atom stereocenters. The van der Waals surface area contributed by atoms with Crippen LogP contribution in [-0.2, 0) is 4.79 Å². The molecule has 0 rings (SSSR count). The lowest BCUT2D eigenvalue weighted by molar-refractivity contribution is -0.139. The first-order chi connectivity index (χ1) is 4.59. The Bertz CT molecular complexity index is 116. The predicted molar refractivity (Wildman–Crippen MR) is 38.5 cm³/mol. The average molecular weight is 146 g/mol. The van der Waals surface area contributed by atoms with Crippen molar-refractivity contribution in [1.82, 2.24) is 0 Å². The molecule has 0 saturated carbocycles. The quantitative estimate of drug-likeness (QED) is 0.500. The van der Waals surface area contributed by atoms with Gasteiger partial charge in [-0.25, -0.2) is 0 Å². The van der Waals surface area contributed by atoms with E-state index >= 15 is 0 Å². The van der Waals surface area contributed by atoms with Gasteiger partial charge in [-0.2, -0.15) is 0 Å². The maximum absolute atomic E-state index is 10.2. The number of rotatable bonds is 4. The fourth-order valence-corrected chi connectivity index (χ4v) is 0.696. The average Bonchev–Trinajstić information content (AvgIpc) is 1.87. The van der Waals surface area contributed by atoms with E-state index in [0.717, 1.165) is 6.42 Å². The van der Waals surface area contributed by atoms with Gasteiger partial charge in [-0.15, -0.1) is 0 Å².